The Labute approximate surface area is 261 Å². The molecule has 5 amide bonds. The van der Waals surface area contributed by atoms with Crippen LogP contribution in [0.25, 0.3) is 0 Å². The Morgan fingerprint density at radius 3 is 2.43 bits per heavy atom. The second kappa shape index (κ2) is 15.1. The van der Waals surface area contributed by atoms with Crippen LogP contribution in [0, 0.1) is 0 Å². The number of thiophene rings is 1. The zero-order valence-corrected chi connectivity index (χ0v) is 25.2. The molecule has 2 saturated heterocycles. The van der Waals surface area contributed by atoms with E-state index >= 15 is 0 Å². The summed E-state index contributed by atoms with van der Waals surface area (Å²) in [6.45, 7) is 0.930. The number of imide groups is 1. The SMILES string of the molecule is N[C@@H](CC(=O)O)C(=O)NCCCCC(=O)N(C[C@H]1CN(c2ccc(N3CCOCC3=O)cc2)C(=O)O1)C(=O)c1ccc(Cl)s1. The number of carboxylic acids is 1. The summed E-state index contributed by atoms with van der Waals surface area (Å²) in [6, 6.07) is 8.71. The number of benzene rings is 1. The van der Waals surface area contributed by atoms with Gasteiger partial charge in [-0.2, -0.15) is 0 Å². The first-order valence-corrected chi connectivity index (χ1v) is 15.0. The van der Waals surface area contributed by atoms with Gasteiger partial charge in [-0.25, -0.2) is 4.79 Å². The van der Waals surface area contributed by atoms with Gasteiger partial charge in [0.25, 0.3) is 11.8 Å². The highest BCUT2D eigenvalue weighted by atomic mass is 35.5. The van der Waals surface area contributed by atoms with Crippen molar-refractivity contribution in [1.82, 2.24) is 10.2 Å². The number of ether oxygens (including phenoxy) is 2. The maximum atomic E-state index is 13.3. The molecule has 1 aromatic heterocycles. The average Bonchev–Trinajstić information content (AvgIpc) is 3.60. The first-order valence-electron chi connectivity index (χ1n) is 13.8. The number of anilines is 2. The smallest absolute Gasteiger partial charge is 0.414 e. The van der Waals surface area contributed by atoms with Crippen LogP contribution in [-0.4, -0.2) is 97.2 Å². The summed E-state index contributed by atoms with van der Waals surface area (Å²) in [5.74, 6) is -3.03. The van der Waals surface area contributed by atoms with Gasteiger partial charge in [0.2, 0.25) is 11.8 Å². The highest BCUT2D eigenvalue weighted by molar-refractivity contribution is 7.18. The van der Waals surface area contributed by atoms with E-state index in [0.29, 0.717) is 41.7 Å². The van der Waals surface area contributed by atoms with E-state index in [4.69, 9.17) is 31.9 Å². The van der Waals surface area contributed by atoms with Crippen LogP contribution in [0.3, 0.4) is 0 Å². The molecule has 0 spiro atoms. The lowest BCUT2D eigenvalue weighted by molar-refractivity contribution is -0.139. The molecule has 2 aliphatic rings. The Kier molecular flexibility index (Phi) is 11.3. The van der Waals surface area contributed by atoms with Crippen molar-refractivity contribution in [2.24, 2.45) is 5.73 Å². The van der Waals surface area contributed by atoms with Crippen molar-refractivity contribution >= 4 is 70.0 Å². The van der Waals surface area contributed by atoms with Crippen molar-refractivity contribution in [1.29, 1.82) is 0 Å². The molecule has 0 saturated carbocycles. The van der Waals surface area contributed by atoms with Crippen LogP contribution in [0.15, 0.2) is 36.4 Å². The van der Waals surface area contributed by atoms with E-state index in [1.165, 1.54) is 11.0 Å². The number of carboxylic acid groups (broad SMARTS) is 1. The van der Waals surface area contributed by atoms with Crippen molar-refractivity contribution in [3.8, 4) is 0 Å². The monoisotopic (exact) mass is 649 g/mol. The van der Waals surface area contributed by atoms with E-state index < -0.39 is 48.4 Å². The highest BCUT2D eigenvalue weighted by Gasteiger charge is 2.36. The topological polar surface area (TPSA) is 189 Å². The molecular weight excluding hydrogens is 618 g/mol. The number of morpholine rings is 1. The molecule has 0 aliphatic carbocycles. The van der Waals surface area contributed by atoms with Crippen LogP contribution < -0.4 is 20.9 Å². The predicted octanol–water partition coefficient (Wildman–Crippen LogP) is 1.85. The van der Waals surface area contributed by atoms with Gasteiger partial charge in [-0.1, -0.05) is 11.6 Å². The zero-order chi connectivity index (χ0) is 31.8. The number of unbranched alkanes of at least 4 members (excludes halogenated alkanes) is 1. The molecule has 0 unspecified atom stereocenters. The first-order chi connectivity index (χ1) is 21.0. The normalized spacial score (nSPS) is 17.3. The molecule has 4 N–H and O–H groups in total. The minimum absolute atomic E-state index is 0.00731. The molecule has 2 fully saturated rings. The largest absolute Gasteiger partial charge is 0.481 e. The molecule has 44 heavy (non-hydrogen) atoms. The summed E-state index contributed by atoms with van der Waals surface area (Å²) < 4.78 is 11.1. The highest BCUT2D eigenvalue weighted by Crippen LogP contribution is 2.27. The summed E-state index contributed by atoms with van der Waals surface area (Å²) in [5.41, 5.74) is 6.73. The lowest BCUT2D eigenvalue weighted by atomic mass is 10.1. The molecule has 1 aromatic carbocycles. The molecule has 2 aromatic rings. The molecule has 3 heterocycles. The third-order valence-corrected chi connectivity index (χ3v) is 8.12. The van der Waals surface area contributed by atoms with Gasteiger partial charge in [0, 0.05) is 30.9 Å². The first kappa shape index (κ1) is 32.9. The van der Waals surface area contributed by atoms with Crippen LogP contribution in [-0.2, 0) is 28.7 Å². The maximum Gasteiger partial charge on any atom is 0.414 e. The van der Waals surface area contributed by atoms with Crippen molar-refractivity contribution < 1.29 is 43.3 Å². The zero-order valence-electron chi connectivity index (χ0n) is 23.6. The van der Waals surface area contributed by atoms with Gasteiger partial charge in [-0.15, -0.1) is 11.3 Å². The second-order valence-electron chi connectivity index (χ2n) is 10.1. The number of nitrogens with two attached hydrogens (primary N) is 1. The van der Waals surface area contributed by atoms with Gasteiger partial charge < -0.3 is 30.5 Å². The van der Waals surface area contributed by atoms with E-state index in [1.807, 2.05) is 0 Å². The third-order valence-electron chi connectivity index (χ3n) is 6.90. The molecule has 2 atom stereocenters. The van der Waals surface area contributed by atoms with E-state index in [0.717, 1.165) is 16.2 Å². The van der Waals surface area contributed by atoms with Crippen molar-refractivity contribution in [3.05, 3.63) is 45.6 Å². The molecule has 14 nitrogen and oxygen atoms in total. The van der Waals surface area contributed by atoms with Crippen molar-refractivity contribution in [2.45, 2.75) is 37.8 Å². The number of carbonyl (C=O) groups is 6. The molecule has 236 valence electrons. The summed E-state index contributed by atoms with van der Waals surface area (Å²) in [6.07, 6.45) is -1.28. The van der Waals surface area contributed by atoms with E-state index in [1.54, 1.807) is 35.2 Å². The fraction of sp³-hybridized carbons (Fsp3) is 0.429. The van der Waals surface area contributed by atoms with Gasteiger partial charge in [0.15, 0.2) is 0 Å². The summed E-state index contributed by atoms with van der Waals surface area (Å²) >= 11 is 7.03. The lowest BCUT2D eigenvalue weighted by Gasteiger charge is -2.27. The van der Waals surface area contributed by atoms with Crippen LogP contribution in [0.1, 0.15) is 35.4 Å². The Balaban J connectivity index is 1.35. The minimum Gasteiger partial charge on any atom is -0.481 e. The molecule has 0 bridgehead atoms. The molecule has 4 rings (SSSR count). The van der Waals surface area contributed by atoms with Gasteiger partial charge >= 0.3 is 12.1 Å². The molecule has 2 aliphatic heterocycles. The summed E-state index contributed by atoms with van der Waals surface area (Å²) in [7, 11) is 0. The quantitative estimate of drug-likeness (QED) is 0.270. The van der Waals surface area contributed by atoms with Gasteiger partial charge in [-0.3, -0.25) is 33.8 Å². The molecular formula is C28H32ClN5O9S. The van der Waals surface area contributed by atoms with Gasteiger partial charge in [-0.05, 0) is 49.2 Å². The average molecular weight is 650 g/mol. The molecule has 0 radical (unpaired) electrons. The van der Waals surface area contributed by atoms with Crippen molar-refractivity contribution in [3.63, 3.8) is 0 Å². The number of nitrogens with zero attached hydrogens (tertiary/aromatic N) is 3. The Morgan fingerprint density at radius 2 is 1.80 bits per heavy atom. The molecule has 16 heteroatoms. The predicted molar refractivity (Wildman–Crippen MR) is 160 cm³/mol. The second-order valence-corrected chi connectivity index (χ2v) is 11.8. The van der Waals surface area contributed by atoms with E-state index in [9.17, 15) is 28.8 Å². The number of cyclic esters (lactones) is 1. The number of halogens is 1. The Hall–Kier alpha value is -4.05. The summed E-state index contributed by atoms with van der Waals surface area (Å²) in [5, 5.41) is 11.3. The standard InChI is InChI=1S/C28H32ClN5O9S/c29-22-9-8-21(44-22)27(40)34(23(35)3-1-2-10-31-26(39)20(30)13-25(37)38)15-19-14-33(28(41)43-19)18-6-4-17(5-7-18)32-11-12-42-16-24(32)36/h4-9,19-20H,1-3,10-16,30H2,(H,31,39)(H,37,38)/t19-,20+/m1/s1. The van der Waals surface area contributed by atoms with Crippen LogP contribution in [0.4, 0.5) is 16.2 Å². The fourth-order valence-corrected chi connectivity index (χ4v) is 5.65. The maximum absolute atomic E-state index is 13.3. The third kappa shape index (κ3) is 8.53. The Bertz CT molecular complexity index is 1400. The van der Waals surface area contributed by atoms with Gasteiger partial charge in [0.05, 0.1) is 41.4 Å². The van der Waals surface area contributed by atoms with Crippen molar-refractivity contribution in [2.75, 3.05) is 49.2 Å². The minimum atomic E-state index is -1.19. The van der Waals surface area contributed by atoms with Gasteiger partial charge in [0.1, 0.15) is 12.7 Å². The lowest BCUT2D eigenvalue weighted by Crippen LogP contribution is -2.43. The van der Waals surface area contributed by atoms with E-state index in [-0.39, 0.29) is 43.4 Å². The van der Waals surface area contributed by atoms with Crippen LogP contribution >= 0.6 is 22.9 Å². The van der Waals surface area contributed by atoms with Crippen LogP contribution in [0.2, 0.25) is 4.34 Å². The fourth-order valence-electron chi connectivity index (χ4n) is 4.65. The van der Waals surface area contributed by atoms with Crippen LogP contribution in [0.5, 0.6) is 0 Å². The van der Waals surface area contributed by atoms with E-state index in [2.05, 4.69) is 5.32 Å². The Morgan fingerprint density at radius 1 is 1.09 bits per heavy atom. The number of aliphatic carboxylic acids is 1. The summed E-state index contributed by atoms with van der Waals surface area (Å²) in [4.78, 5) is 78.3. The number of carbonyl (C=O) groups excluding carboxylic acids is 5. The number of nitrogens with one attached hydrogen (secondary N) is 1. The number of amides is 5. The number of hydrogen-bond donors (Lipinski definition) is 3. The number of rotatable bonds is 13. The number of hydrogen-bond acceptors (Lipinski definition) is 10.